The van der Waals surface area contributed by atoms with Gasteiger partial charge in [0.2, 0.25) is 11.5 Å². The molecular weight excluding hydrogens is 536 g/mol. The van der Waals surface area contributed by atoms with E-state index < -0.39 is 29.6 Å². The lowest BCUT2D eigenvalue weighted by Gasteiger charge is -2.38. The second-order valence-electron chi connectivity index (χ2n) is 14.3. The van der Waals surface area contributed by atoms with Gasteiger partial charge in [-0.3, -0.25) is 0 Å². The number of hydrogen-bond acceptors (Lipinski definition) is 8. The first kappa shape index (κ1) is 32.0. The molecule has 4 rings (SSSR count). The van der Waals surface area contributed by atoms with Gasteiger partial charge < -0.3 is 18.9 Å². The molecule has 0 radical (unpaired) electrons. The van der Waals surface area contributed by atoms with Crippen molar-refractivity contribution in [3.05, 3.63) is 36.3 Å². The summed E-state index contributed by atoms with van der Waals surface area (Å²) in [4.78, 5) is 50.6. The van der Waals surface area contributed by atoms with Crippen LogP contribution in [0.3, 0.4) is 0 Å². The van der Waals surface area contributed by atoms with Gasteiger partial charge in [0.25, 0.3) is 0 Å². The number of carbonyl (C=O) groups is 4. The molecule has 0 amide bonds. The molecule has 4 aliphatic carbocycles. The molecule has 0 aromatic carbocycles. The molecule has 6 unspecified atom stereocenters. The van der Waals surface area contributed by atoms with E-state index in [0.717, 1.165) is 63.5 Å². The second kappa shape index (κ2) is 11.6. The van der Waals surface area contributed by atoms with Gasteiger partial charge in [0, 0.05) is 23.0 Å². The van der Waals surface area contributed by atoms with E-state index in [1.807, 2.05) is 6.92 Å². The van der Waals surface area contributed by atoms with Gasteiger partial charge in [0.05, 0.1) is 0 Å². The minimum Gasteiger partial charge on any atom is -0.456 e. The summed E-state index contributed by atoms with van der Waals surface area (Å²) in [6.45, 7) is 18.7. The quantitative estimate of drug-likeness (QED) is 0.0865. The van der Waals surface area contributed by atoms with Crippen molar-refractivity contribution < 1.29 is 38.1 Å². The van der Waals surface area contributed by atoms with Crippen LogP contribution in [0, 0.1) is 33.5 Å². The highest BCUT2D eigenvalue weighted by atomic mass is 16.6. The maximum atomic E-state index is 13.1. The molecule has 0 aromatic rings. The second-order valence-corrected chi connectivity index (χ2v) is 14.3. The van der Waals surface area contributed by atoms with Crippen molar-refractivity contribution in [1.29, 1.82) is 0 Å². The molecular formula is C34H48O8. The highest BCUT2D eigenvalue weighted by Crippen LogP contribution is 2.67. The van der Waals surface area contributed by atoms with Gasteiger partial charge in [-0.1, -0.05) is 54.9 Å². The number of unbranched alkanes of at least 4 members (excludes halogenated alkanes) is 2. The summed E-state index contributed by atoms with van der Waals surface area (Å²) in [6, 6.07) is 0. The van der Waals surface area contributed by atoms with Crippen LogP contribution in [0.1, 0.15) is 106 Å². The van der Waals surface area contributed by atoms with Crippen LogP contribution in [-0.2, 0) is 38.1 Å². The molecule has 0 saturated heterocycles. The van der Waals surface area contributed by atoms with Gasteiger partial charge in [0.15, 0.2) is 0 Å². The third kappa shape index (κ3) is 5.58. The molecule has 4 bridgehead atoms. The Morgan fingerprint density at radius 2 is 1.24 bits per heavy atom. The van der Waals surface area contributed by atoms with Crippen molar-refractivity contribution in [1.82, 2.24) is 0 Å². The number of allylic oxidation sites excluding steroid dienone is 1. The van der Waals surface area contributed by atoms with Crippen molar-refractivity contribution in [3.8, 4) is 0 Å². The molecule has 4 aliphatic rings. The van der Waals surface area contributed by atoms with Crippen molar-refractivity contribution in [2.45, 2.75) is 118 Å². The van der Waals surface area contributed by atoms with Gasteiger partial charge in [-0.2, -0.15) is 0 Å². The Labute approximate surface area is 250 Å². The lowest BCUT2D eigenvalue weighted by molar-refractivity contribution is -0.159. The van der Waals surface area contributed by atoms with E-state index in [1.165, 1.54) is 0 Å². The summed E-state index contributed by atoms with van der Waals surface area (Å²) in [7, 11) is 0. The normalized spacial score (nSPS) is 33.9. The minimum absolute atomic E-state index is 0.0561. The topological polar surface area (TPSA) is 105 Å². The molecule has 232 valence electrons. The Balaban J connectivity index is 1.30. The summed E-state index contributed by atoms with van der Waals surface area (Å²) >= 11 is 0. The Kier molecular flexibility index (Phi) is 8.88. The highest BCUT2D eigenvalue weighted by molar-refractivity contribution is 5.97. The first-order valence-corrected chi connectivity index (χ1v) is 15.5. The fourth-order valence-corrected chi connectivity index (χ4v) is 8.08. The number of fused-ring (bicyclic) bond motifs is 4. The Hall–Kier alpha value is -2.90. The highest BCUT2D eigenvalue weighted by Gasteiger charge is 2.64. The van der Waals surface area contributed by atoms with Crippen molar-refractivity contribution >= 4 is 23.9 Å². The van der Waals surface area contributed by atoms with E-state index in [1.54, 1.807) is 6.08 Å². The number of rotatable bonds is 11. The first-order valence-electron chi connectivity index (χ1n) is 15.5. The van der Waals surface area contributed by atoms with Crippen LogP contribution in [-0.4, -0.2) is 36.1 Å². The SMILES string of the molecule is C=C(OC(=O)/C=C\C(=O)O/C(=C\CCCC)C(=O)OC1CC2CCC1(C)C2(C)C)C(=O)OC1CC2CCC1(C)C2(C)C. The van der Waals surface area contributed by atoms with Crippen LogP contribution in [0.15, 0.2) is 36.3 Å². The Bertz CT molecular complexity index is 1190. The summed E-state index contributed by atoms with van der Waals surface area (Å²) in [6.07, 6.45) is 10.7. The maximum absolute atomic E-state index is 13.1. The third-order valence-corrected chi connectivity index (χ3v) is 12.0. The van der Waals surface area contributed by atoms with E-state index >= 15 is 0 Å². The van der Waals surface area contributed by atoms with Crippen LogP contribution >= 0.6 is 0 Å². The molecule has 0 spiro atoms. The van der Waals surface area contributed by atoms with E-state index in [0.29, 0.717) is 18.3 Å². The Morgan fingerprint density at radius 1 is 0.762 bits per heavy atom. The summed E-state index contributed by atoms with van der Waals surface area (Å²) in [5.74, 6) is -3.07. The first-order chi connectivity index (χ1) is 19.6. The van der Waals surface area contributed by atoms with Gasteiger partial charge in [-0.15, -0.1) is 0 Å². The molecule has 0 aromatic heterocycles. The molecule has 4 fully saturated rings. The summed E-state index contributed by atoms with van der Waals surface area (Å²) in [5.41, 5.74) is -0.160. The molecule has 6 atom stereocenters. The maximum Gasteiger partial charge on any atom is 0.374 e. The fourth-order valence-electron chi connectivity index (χ4n) is 8.08. The molecule has 8 nitrogen and oxygen atoms in total. The van der Waals surface area contributed by atoms with Crippen molar-refractivity contribution in [2.24, 2.45) is 33.5 Å². The predicted octanol–water partition coefficient (Wildman–Crippen LogP) is 6.73. The lowest BCUT2D eigenvalue weighted by atomic mass is 9.70. The Morgan fingerprint density at radius 3 is 1.67 bits per heavy atom. The molecule has 4 saturated carbocycles. The zero-order chi connectivity index (χ0) is 31.1. The van der Waals surface area contributed by atoms with Crippen LogP contribution < -0.4 is 0 Å². The van der Waals surface area contributed by atoms with E-state index in [4.69, 9.17) is 18.9 Å². The van der Waals surface area contributed by atoms with Gasteiger partial charge in [-0.25, -0.2) is 19.2 Å². The van der Waals surface area contributed by atoms with E-state index in [2.05, 4.69) is 48.1 Å². The van der Waals surface area contributed by atoms with E-state index in [9.17, 15) is 19.2 Å². The number of ether oxygens (including phenoxy) is 4. The van der Waals surface area contributed by atoms with Crippen LogP contribution in [0.2, 0.25) is 0 Å². The lowest BCUT2D eigenvalue weighted by Crippen LogP contribution is -2.38. The molecule has 42 heavy (non-hydrogen) atoms. The molecule has 0 N–H and O–H groups in total. The average Bonchev–Trinajstić information content (AvgIpc) is 3.43. The predicted molar refractivity (Wildman–Crippen MR) is 156 cm³/mol. The van der Waals surface area contributed by atoms with Crippen molar-refractivity contribution in [3.63, 3.8) is 0 Å². The number of hydrogen-bond donors (Lipinski definition) is 0. The minimum atomic E-state index is -0.982. The van der Waals surface area contributed by atoms with Gasteiger partial charge in [-0.05, 0) is 86.7 Å². The summed E-state index contributed by atoms with van der Waals surface area (Å²) in [5, 5.41) is 0. The van der Waals surface area contributed by atoms with Gasteiger partial charge >= 0.3 is 23.9 Å². The standard InChI is InChI=1S/C34H48O8/c1-9-10-11-12-24(30(38)42-26-20-23-16-18-34(26,8)32(23,5)6)40-28(36)14-13-27(35)39-21(2)29(37)41-25-19-22-15-17-33(25,7)31(22,3)4/h12-14,22-23,25-26H,2,9-11,15-20H2,1,3-8H3/b14-13-,24-12-. The summed E-state index contributed by atoms with van der Waals surface area (Å²) < 4.78 is 21.9. The fraction of sp³-hybridized carbons (Fsp3) is 0.706. The van der Waals surface area contributed by atoms with Gasteiger partial charge in [0.1, 0.15) is 12.2 Å². The molecule has 0 aliphatic heterocycles. The number of esters is 4. The van der Waals surface area contributed by atoms with Crippen LogP contribution in [0.4, 0.5) is 0 Å². The third-order valence-electron chi connectivity index (χ3n) is 12.0. The monoisotopic (exact) mass is 584 g/mol. The van der Waals surface area contributed by atoms with Crippen molar-refractivity contribution in [2.75, 3.05) is 0 Å². The average molecular weight is 585 g/mol. The zero-order valence-corrected chi connectivity index (χ0v) is 26.4. The van der Waals surface area contributed by atoms with E-state index in [-0.39, 0.29) is 39.6 Å². The van der Waals surface area contributed by atoms with Crippen LogP contribution in [0.25, 0.3) is 0 Å². The zero-order valence-electron chi connectivity index (χ0n) is 26.4. The molecule has 0 heterocycles. The van der Waals surface area contributed by atoms with Crippen LogP contribution in [0.5, 0.6) is 0 Å². The smallest absolute Gasteiger partial charge is 0.374 e. The number of carbonyl (C=O) groups excluding carboxylic acids is 4. The molecule has 8 heteroatoms. The largest absolute Gasteiger partial charge is 0.456 e.